The Labute approximate surface area is 177 Å². The lowest BCUT2D eigenvalue weighted by Crippen LogP contribution is -2.12. The molecule has 0 fully saturated rings. The van der Waals surface area contributed by atoms with Gasteiger partial charge in [0.2, 0.25) is 0 Å². The number of carbonyl (C=O) groups is 2. The number of methoxy groups -OCH3 is 1. The number of nitrogens with one attached hydrogen (secondary N) is 1. The Morgan fingerprint density at radius 2 is 1.71 bits per heavy atom. The lowest BCUT2D eigenvalue weighted by Gasteiger charge is -2.06. The van der Waals surface area contributed by atoms with E-state index in [1.165, 1.54) is 25.3 Å². The molecule has 0 aliphatic carbocycles. The van der Waals surface area contributed by atoms with Crippen molar-refractivity contribution in [2.45, 2.75) is 0 Å². The van der Waals surface area contributed by atoms with Crippen LogP contribution in [-0.4, -0.2) is 28.8 Å². The number of esters is 1. The number of nitrogens with zero attached hydrogens (tertiary/aromatic N) is 2. The molecule has 0 radical (unpaired) electrons. The molecule has 1 N–H and O–H groups in total. The number of aromatic nitrogens is 2. The summed E-state index contributed by atoms with van der Waals surface area (Å²) >= 11 is 0. The molecule has 6 nitrogen and oxygen atoms in total. The van der Waals surface area contributed by atoms with Crippen LogP contribution in [0.3, 0.4) is 0 Å². The van der Waals surface area contributed by atoms with Gasteiger partial charge in [0.1, 0.15) is 11.5 Å². The molecule has 0 aliphatic rings. The average molecular weight is 415 g/mol. The van der Waals surface area contributed by atoms with Gasteiger partial charge >= 0.3 is 5.97 Å². The predicted octanol–water partition coefficient (Wildman–Crippen LogP) is 4.72. The largest absolute Gasteiger partial charge is 0.465 e. The fourth-order valence-electron chi connectivity index (χ4n) is 3.11. The van der Waals surface area contributed by atoms with Crippen LogP contribution >= 0.6 is 0 Å². The molecule has 0 saturated carbocycles. The fraction of sp³-hybridized carbons (Fsp3) is 0.0417. The van der Waals surface area contributed by atoms with Crippen LogP contribution in [0.25, 0.3) is 16.9 Å². The number of hydrogen-bond acceptors (Lipinski definition) is 4. The molecule has 0 spiro atoms. The van der Waals surface area contributed by atoms with Crippen LogP contribution < -0.4 is 5.32 Å². The minimum atomic E-state index is -0.453. The third-order valence-electron chi connectivity index (χ3n) is 4.64. The molecule has 0 aliphatic heterocycles. The highest BCUT2D eigenvalue weighted by atomic mass is 19.1. The number of benzene rings is 3. The number of rotatable bonds is 5. The third-order valence-corrected chi connectivity index (χ3v) is 4.64. The Bertz CT molecular complexity index is 1230. The topological polar surface area (TPSA) is 73.2 Å². The van der Waals surface area contributed by atoms with E-state index in [-0.39, 0.29) is 0 Å². The molecule has 0 saturated heterocycles. The Morgan fingerprint density at radius 1 is 0.968 bits per heavy atom. The zero-order valence-corrected chi connectivity index (χ0v) is 16.6. The molecule has 1 aromatic heterocycles. The average Bonchev–Trinajstić information content (AvgIpc) is 3.25. The van der Waals surface area contributed by atoms with Gasteiger partial charge < -0.3 is 10.1 Å². The molecule has 4 aromatic rings. The lowest BCUT2D eigenvalue weighted by molar-refractivity contribution is 0.0600. The van der Waals surface area contributed by atoms with Crippen LogP contribution in [0, 0.1) is 5.82 Å². The maximum Gasteiger partial charge on any atom is 0.337 e. The summed E-state index contributed by atoms with van der Waals surface area (Å²) in [4.78, 5) is 24.7. The second-order valence-corrected chi connectivity index (χ2v) is 6.70. The first-order chi connectivity index (χ1) is 15.0. The summed E-state index contributed by atoms with van der Waals surface area (Å²) < 4.78 is 19.8. The monoisotopic (exact) mass is 415 g/mol. The number of carbonyl (C=O) groups excluding carboxylic acids is 2. The van der Waals surface area contributed by atoms with Crippen LogP contribution in [0.15, 0.2) is 85.1 Å². The second kappa shape index (κ2) is 8.62. The molecule has 0 atom stereocenters. The van der Waals surface area contributed by atoms with E-state index in [0.717, 1.165) is 5.69 Å². The molecule has 0 bridgehead atoms. The summed E-state index contributed by atoms with van der Waals surface area (Å²) in [5, 5.41) is 7.30. The van der Waals surface area contributed by atoms with Gasteiger partial charge in [-0.1, -0.05) is 36.4 Å². The Hall–Kier alpha value is -4.26. The molecular formula is C24H18FN3O3. The minimum Gasteiger partial charge on any atom is -0.465 e. The minimum absolute atomic E-state index is 0.305. The third kappa shape index (κ3) is 4.35. The normalized spacial score (nSPS) is 10.5. The smallest absolute Gasteiger partial charge is 0.337 e. The Balaban J connectivity index is 1.75. The highest BCUT2D eigenvalue weighted by Gasteiger charge is 2.19. The van der Waals surface area contributed by atoms with Crippen molar-refractivity contribution >= 4 is 17.6 Å². The van der Waals surface area contributed by atoms with E-state index in [1.807, 2.05) is 30.3 Å². The van der Waals surface area contributed by atoms with Crippen LogP contribution in [-0.2, 0) is 4.74 Å². The SMILES string of the molecule is COC(=O)c1ccc(-c2nn(-c3ccccc3)cc2C(=O)Nc2cccc(F)c2)cc1. The Morgan fingerprint density at radius 3 is 2.39 bits per heavy atom. The van der Waals surface area contributed by atoms with Crippen molar-refractivity contribution in [1.82, 2.24) is 9.78 Å². The van der Waals surface area contributed by atoms with Gasteiger partial charge in [-0.05, 0) is 42.5 Å². The zero-order valence-electron chi connectivity index (χ0n) is 16.6. The quantitative estimate of drug-likeness (QED) is 0.479. The highest BCUT2D eigenvalue weighted by molar-refractivity contribution is 6.08. The van der Waals surface area contributed by atoms with Crippen molar-refractivity contribution in [3.8, 4) is 16.9 Å². The van der Waals surface area contributed by atoms with E-state index in [0.29, 0.717) is 28.1 Å². The van der Waals surface area contributed by atoms with Crippen molar-refractivity contribution in [2.75, 3.05) is 12.4 Å². The van der Waals surface area contributed by atoms with Gasteiger partial charge in [0.15, 0.2) is 0 Å². The summed E-state index contributed by atoms with van der Waals surface area (Å²) in [6.45, 7) is 0. The molecule has 4 rings (SSSR count). The Kier molecular flexibility index (Phi) is 5.57. The number of ether oxygens (including phenoxy) is 1. The summed E-state index contributed by atoms with van der Waals surface area (Å²) in [5.74, 6) is -1.33. The summed E-state index contributed by atoms with van der Waals surface area (Å²) in [5.41, 5.74) is 2.88. The van der Waals surface area contributed by atoms with Crippen LogP contribution in [0.4, 0.5) is 10.1 Å². The maximum atomic E-state index is 13.5. The molecule has 0 unspecified atom stereocenters. The molecule has 1 heterocycles. The standard InChI is InChI=1S/C24H18FN3O3/c1-31-24(30)17-12-10-16(11-13-17)22-21(15-28(27-22)20-8-3-2-4-9-20)23(29)26-19-7-5-6-18(25)14-19/h2-15H,1H3,(H,26,29). The molecule has 31 heavy (non-hydrogen) atoms. The number of anilines is 1. The molecule has 154 valence electrons. The number of halogens is 1. The molecular weight excluding hydrogens is 397 g/mol. The first kappa shape index (κ1) is 20.0. The first-order valence-corrected chi connectivity index (χ1v) is 9.46. The lowest BCUT2D eigenvalue weighted by atomic mass is 10.1. The summed E-state index contributed by atoms with van der Waals surface area (Å²) in [6, 6.07) is 21.6. The molecule has 7 heteroatoms. The summed E-state index contributed by atoms with van der Waals surface area (Å²) in [7, 11) is 1.31. The number of para-hydroxylation sites is 1. The number of hydrogen-bond donors (Lipinski definition) is 1. The van der Waals surface area contributed by atoms with Crippen molar-refractivity contribution in [3.05, 3.63) is 102 Å². The van der Waals surface area contributed by atoms with E-state index in [1.54, 1.807) is 41.2 Å². The van der Waals surface area contributed by atoms with Crippen LogP contribution in [0.1, 0.15) is 20.7 Å². The van der Waals surface area contributed by atoms with E-state index < -0.39 is 17.7 Å². The van der Waals surface area contributed by atoms with Gasteiger partial charge in [0.05, 0.1) is 23.9 Å². The maximum absolute atomic E-state index is 13.5. The number of amides is 1. The second-order valence-electron chi connectivity index (χ2n) is 6.70. The molecule has 3 aromatic carbocycles. The van der Waals surface area contributed by atoms with E-state index in [4.69, 9.17) is 4.74 Å². The van der Waals surface area contributed by atoms with E-state index in [9.17, 15) is 14.0 Å². The fourth-order valence-corrected chi connectivity index (χ4v) is 3.11. The van der Waals surface area contributed by atoms with Crippen molar-refractivity contribution in [2.24, 2.45) is 0 Å². The van der Waals surface area contributed by atoms with Gasteiger partial charge in [-0.25, -0.2) is 13.9 Å². The van der Waals surface area contributed by atoms with Crippen molar-refractivity contribution < 1.29 is 18.7 Å². The van der Waals surface area contributed by atoms with Gasteiger partial charge in [-0.3, -0.25) is 4.79 Å². The van der Waals surface area contributed by atoms with Gasteiger partial charge in [0, 0.05) is 17.4 Å². The van der Waals surface area contributed by atoms with Crippen molar-refractivity contribution in [1.29, 1.82) is 0 Å². The van der Waals surface area contributed by atoms with Gasteiger partial charge in [0.25, 0.3) is 5.91 Å². The van der Waals surface area contributed by atoms with Gasteiger partial charge in [-0.2, -0.15) is 5.10 Å². The van der Waals surface area contributed by atoms with E-state index in [2.05, 4.69) is 10.4 Å². The predicted molar refractivity (Wildman–Crippen MR) is 115 cm³/mol. The van der Waals surface area contributed by atoms with Gasteiger partial charge in [-0.15, -0.1) is 0 Å². The molecule has 1 amide bonds. The van der Waals surface area contributed by atoms with E-state index >= 15 is 0 Å². The van der Waals surface area contributed by atoms with Crippen LogP contribution in [0.2, 0.25) is 0 Å². The summed E-state index contributed by atoms with van der Waals surface area (Å²) in [6.07, 6.45) is 1.62. The van der Waals surface area contributed by atoms with Crippen LogP contribution in [0.5, 0.6) is 0 Å². The zero-order chi connectivity index (χ0) is 21.8. The first-order valence-electron chi connectivity index (χ1n) is 9.46. The highest BCUT2D eigenvalue weighted by Crippen LogP contribution is 2.25. The van der Waals surface area contributed by atoms with Crippen molar-refractivity contribution in [3.63, 3.8) is 0 Å².